The number of anilines is 1. The van der Waals surface area contributed by atoms with Crippen LogP contribution < -0.4 is 5.73 Å². The molecule has 0 saturated carbocycles. The lowest BCUT2D eigenvalue weighted by atomic mass is 10.3. The summed E-state index contributed by atoms with van der Waals surface area (Å²) < 4.78 is 63.4. The number of benzene rings is 1. The number of hydrogen-bond donors (Lipinski definition) is 1. The van der Waals surface area contributed by atoms with E-state index in [0.717, 1.165) is 16.4 Å². The monoisotopic (exact) mass is 310 g/mol. The van der Waals surface area contributed by atoms with Gasteiger partial charge in [0.2, 0.25) is 10.0 Å². The van der Waals surface area contributed by atoms with Crippen LogP contribution in [0.1, 0.15) is 0 Å². The van der Waals surface area contributed by atoms with Gasteiger partial charge in [0.25, 0.3) is 0 Å². The van der Waals surface area contributed by atoms with Crippen molar-refractivity contribution in [2.24, 2.45) is 0 Å². The number of rotatable bonds is 2. The van der Waals surface area contributed by atoms with E-state index in [-0.39, 0.29) is 24.6 Å². The van der Waals surface area contributed by atoms with Crippen LogP contribution in [0.15, 0.2) is 17.0 Å². The fraction of sp³-hybridized carbons (Fsp3) is 0.400. The molecular formula is C10H12F2N2O3S2. The molecule has 19 heavy (non-hydrogen) atoms. The van der Waals surface area contributed by atoms with Gasteiger partial charge in [-0.05, 0) is 12.1 Å². The quantitative estimate of drug-likeness (QED) is 0.797. The molecule has 0 bridgehead atoms. The molecule has 1 aliphatic rings. The van der Waals surface area contributed by atoms with Crippen molar-refractivity contribution in [3.63, 3.8) is 0 Å². The minimum atomic E-state index is -4.08. The van der Waals surface area contributed by atoms with E-state index in [1.165, 1.54) is 0 Å². The summed E-state index contributed by atoms with van der Waals surface area (Å²) in [6.07, 6.45) is 0. The summed E-state index contributed by atoms with van der Waals surface area (Å²) >= 11 is 0. The second-order valence-corrected chi connectivity index (χ2v) is 7.63. The molecule has 2 rings (SSSR count). The van der Waals surface area contributed by atoms with E-state index in [1.807, 2.05) is 0 Å². The number of halogens is 2. The zero-order valence-corrected chi connectivity index (χ0v) is 11.4. The van der Waals surface area contributed by atoms with Gasteiger partial charge in [-0.2, -0.15) is 4.31 Å². The van der Waals surface area contributed by atoms with Crippen molar-refractivity contribution in [1.29, 1.82) is 0 Å². The Kier molecular flexibility index (Phi) is 3.88. The first-order chi connectivity index (χ1) is 8.84. The first-order valence-corrected chi connectivity index (χ1v) is 8.35. The molecule has 1 aromatic rings. The predicted octanol–water partition coefficient (Wildman–Crippen LogP) is 0.300. The number of hydrogen-bond acceptors (Lipinski definition) is 4. The molecule has 0 amide bonds. The zero-order valence-electron chi connectivity index (χ0n) is 9.80. The molecule has 106 valence electrons. The number of nitrogens with two attached hydrogens (primary N) is 1. The molecule has 9 heteroatoms. The fourth-order valence-electron chi connectivity index (χ4n) is 1.75. The van der Waals surface area contributed by atoms with E-state index in [0.29, 0.717) is 0 Å². The molecule has 0 aromatic heterocycles. The molecule has 0 atom stereocenters. The minimum Gasteiger partial charge on any atom is -0.394 e. The third kappa shape index (κ3) is 2.63. The summed E-state index contributed by atoms with van der Waals surface area (Å²) in [7, 11) is -5.13. The summed E-state index contributed by atoms with van der Waals surface area (Å²) in [5.41, 5.74) is 4.33. The first-order valence-electron chi connectivity index (χ1n) is 5.42. The second kappa shape index (κ2) is 5.14. The lowest BCUT2D eigenvalue weighted by Gasteiger charge is -2.25. The summed E-state index contributed by atoms with van der Waals surface area (Å²) in [4.78, 5) is -0.654. The average molecular weight is 310 g/mol. The molecule has 1 fully saturated rings. The number of nitrogen functional groups attached to an aromatic ring is 1. The Balaban J connectivity index is 2.40. The minimum absolute atomic E-state index is 0.0473. The SMILES string of the molecule is Nc1c(F)ccc(S(=O)(=O)N2CCS(=O)CC2)c1F. The van der Waals surface area contributed by atoms with Crippen molar-refractivity contribution in [1.82, 2.24) is 4.31 Å². The zero-order chi connectivity index (χ0) is 14.2. The van der Waals surface area contributed by atoms with Gasteiger partial charge in [-0.3, -0.25) is 4.21 Å². The highest BCUT2D eigenvalue weighted by atomic mass is 32.2. The molecule has 2 N–H and O–H groups in total. The molecule has 0 aliphatic carbocycles. The van der Waals surface area contributed by atoms with E-state index in [2.05, 4.69) is 0 Å². The summed E-state index contributed by atoms with van der Waals surface area (Å²) in [5.74, 6) is -1.88. The Labute approximate surface area is 111 Å². The van der Waals surface area contributed by atoms with Crippen molar-refractivity contribution in [3.8, 4) is 0 Å². The highest BCUT2D eigenvalue weighted by Gasteiger charge is 2.31. The fourth-order valence-corrected chi connectivity index (χ4v) is 4.55. The smallest absolute Gasteiger partial charge is 0.246 e. The van der Waals surface area contributed by atoms with Crippen LogP contribution in [0.3, 0.4) is 0 Å². The van der Waals surface area contributed by atoms with Crippen LogP contribution >= 0.6 is 0 Å². The molecule has 1 aliphatic heterocycles. The van der Waals surface area contributed by atoms with Crippen molar-refractivity contribution < 1.29 is 21.4 Å². The van der Waals surface area contributed by atoms with Gasteiger partial charge in [0, 0.05) is 35.4 Å². The first kappa shape index (κ1) is 14.4. The molecule has 0 spiro atoms. The Morgan fingerprint density at radius 2 is 1.79 bits per heavy atom. The Hall–Kier alpha value is -1.06. The van der Waals surface area contributed by atoms with E-state index >= 15 is 0 Å². The van der Waals surface area contributed by atoms with Gasteiger partial charge in [-0.25, -0.2) is 17.2 Å². The van der Waals surface area contributed by atoms with Gasteiger partial charge in [0.1, 0.15) is 16.4 Å². The van der Waals surface area contributed by atoms with Crippen molar-refractivity contribution in [2.45, 2.75) is 4.90 Å². The molecule has 1 aromatic carbocycles. The van der Waals surface area contributed by atoms with Gasteiger partial charge >= 0.3 is 0 Å². The maximum atomic E-state index is 13.8. The summed E-state index contributed by atoms with van der Waals surface area (Å²) in [6.45, 7) is 0.0946. The normalized spacial score (nSPS) is 18.6. The van der Waals surface area contributed by atoms with Gasteiger partial charge in [-0.15, -0.1) is 0 Å². The molecular weight excluding hydrogens is 298 g/mol. The summed E-state index contributed by atoms with van der Waals surface area (Å²) in [6, 6.07) is 1.66. The Morgan fingerprint density at radius 1 is 1.21 bits per heavy atom. The molecule has 0 radical (unpaired) electrons. The van der Waals surface area contributed by atoms with Crippen LogP contribution in [0.25, 0.3) is 0 Å². The van der Waals surface area contributed by atoms with Crippen molar-refractivity contribution in [2.75, 3.05) is 30.3 Å². The molecule has 5 nitrogen and oxygen atoms in total. The van der Waals surface area contributed by atoms with Gasteiger partial charge in [0.05, 0.1) is 0 Å². The maximum Gasteiger partial charge on any atom is 0.246 e. The van der Waals surface area contributed by atoms with Crippen LogP contribution in [-0.4, -0.2) is 41.5 Å². The maximum absolute atomic E-state index is 13.8. The largest absolute Gasteiger partial charge is 0.394 e. The van der Waals surface area contributed by atoms with Gasteiger partial charge < -0.3 is 5.73 Å². The number of nitrogens with zero attached hydrogens (tertiary/aromatic N) is 1. The van der Waals surface area contributed by atoms with Crippen LogP contribution in [0.5, 0.6) is 0 Å². The Morgan fingerprint density at radius 3 is 2.37 bits per heavy atom. The lowest BCUT2D eigenvalue weighted by Crippen LogP contribution is -2.42. The van der Waals surface area contributed by atoms with Crippen LogP contribution in [0.2, 0.25) is 0 Å². The van der Waals surface area contributed by atoms with Crippen molar-refractivity contribution >= 4 is 26.5 Å². The van der Waals surface area contributed by atoms with Crippen LogP contribution in [0.4, 0.5) is 14.5 Å². The van der Waals surface area contributed by atoms with E-state index in [9.17, 15) is 21.4 Å². The highest BCUT2D eigenvalue weighted by Crippen LogP contribution is 2.26. The third-order valence-electron chi connectivity index (χ3n) is 2.85. The summed E-state index contributed by atoms with van der Waals surface area (Å²) in [5, 5.41) is 0. The molecule has 1 saturated heterocycles. The van der Waals surface area contributed by atoms with Gasteiger partial charge in [0.15, 0.2) is 5.82 Å². The highest BCUT2D eigenvalue weighted by molar-refractivity contribution is 7.89. The second-order valence-electron chi connectivity index (χ2n) is 4.03. The van der Waals surface area contributed by atoms with E-state index < -0.39 is 43.0 Å². The standard InChI is InChI=1S/C10H12F2N2O3S2/c11-7-1-2-8(9(12)10(7)13)19(16,17)14-3-5-18(15)6-4-14/h1-2H,3-6,13H2. The third-order valence-corrected chi connectivity index (χ3v) is 6.04. The van der Waals surface area contributed by atoms with Gasteiger partial charge in [-0.1, -0.05) is 0 Å². The number of sulfonamides is 1. The lowest BCUT2D eigenvalue weighted by molar-refractivity contribution is 0.433. The van der Waals surface area contributed by atoms with E-state index in [1.54, 1.807) is 0 Å². The van der Waals surface area contributed by atoms with Crippen LogP contribution in [0, 0.1) is 11.6 Å². The molecule has 0 unspecified atom stereocenters. The topological polar surface area (TPSA) is 80.5 Å². The van der Waals surface area contributed by atoms with Crippen LogP contribution in [-0.2, 0) is 20.8 Å². The molecule has 1 heterocycles. The Bertz CT molecular complexity index is 624. The van der Waals surface area contributed by atoms with Crippen molar-refractivity contribution in [3.05, 3.63) is 23.8 Å². The predicted molar refractivity (Wildman–Crippen MR) is 67.4 cm³/mol. The van der Waals surface area contributed by atoms with E-state index in [4.69, 9.17) is 5.73 Å². The average Bonchev–Trinajstić information content (AvgIpc) is 2.36.